The van der Waals surface area contributed by atoms with Crippen molar-refractivity contribution in [1.82, 2.24) is 19.4 Å². The maximum atomic E-state index is 13.5. The first-order valence-corrected chi connectivity index (χ1v) is 14.9. The Morgan fingerprint density at radius 3 is 2.50 bits per heavy atom. The summed E-state index contributed by atoms with van der Waals surface area (Å²) < 4.78 is 2.30. The van der Waals surface area contributed by atoms with Gasteiger partial charge in [0.1, 0.15) is 0 Å². The van der Waals surface area contributed by atoms with Crippen LogP contribution in [0.3, 0.4) is 0 Å². The van der Waals surface area contributed by atoms with Crippen LogP contribution in [-0.2, 0) is 13.1 Å². The fraction of sp³-hybridized carbons (Fsp3) is 0.586. The summed E-state index contributed by atoms with van der Waals surface area (Å²) in [5.74, 6) is 1.04. The number of aryl methyl sites for hydroxylation is 1. The molecule has 1 saturated heterocycles. The normalized spacial score (nSPS) is 14.4. The van der Waals surface area contributed by atoms with Crippen LogP contribution in [-0.4, -0.2) is 58.0 Å². The molecule has 1 aliphatic heterocycles. The average molecular weight is 510 g/mol. The lowest BCUT2D eigenvalue weighted by atomic mass is 10.1. The van der Waals surface area contributed by atoms with Gasteiger partial charge in [-0.15, -0.1) is 0 Å². The molecule has 1 N–H and O–H groups in total. The molecule has 0 bridgehead atoms. The van der Waals surface area contributed by atoms with Gasteiger partial charge in [-0.1, -0.05) is 33.1 Å². The van der Waals surface area contributed by atoms with Gasteiger partial charge in [0, 0.05) is 31.7 Å². The van der Waals surface area contributed by atoms with Crippen molar-refractivity contribution >= 4 is 34.2 Å². The van der Waals surface area contributed by atoms with Crippen LogP contribution in [0.2, 0.25) is 0 Å². The van der Waals surface area contributed by atoms with E-state index in [9.17, 15) is 4.79 Å². The number of imidazole rings is 1. The number of hydrogen-bond acceptors (Lipinski definition) is 5. The van der Waals surface area contributed by atoms with Crippen LogP contribution in [0.15, 0.2) is 35.0 Å². The fourth-order valence-corrected chi connectivity index (χ4v) is 5.69. The Morgan fingerprint density at radius 1 is 1.03 bits per heavy atom. The third-order valence-corrected chi connectivity index (χ3v) is 7.91. The zero-order valence-corrected chi connectivity index (χ0v) is 23.0. The van der Waals surface area contributed by atoms with E-state index >= 15 is 0 Å². The smallest absolute Gasteiger partial charge is 0.253 e. The lowest BCUT2D eigenvalue weighted by Gasteiger charge is -2.26. The van der Waals surface area contributed by atoms with E-state index in [-0.39, 0.29) is 5.91 Å². The number of benzene rings is 1. The summed E-state index contributed by atoms with van der Waals surface area (Å²) in [5.41, 5.74) is 4.05. The van der Waals surface area contributed by atoms with Crippen LogP contribution in [0.5, 0.6) is 0 Å². The highest BCUT2D eigenvalue weighted by atomic mass is 32.1. The first-order valence-electron chi connectivity index (χ1n) is 14.0. The van der Waals surface area contributed by atoms with Crippen LogP contribution in [0, 0.1) is 0 Å². The van der Waals surface area contributed by atoms with Crippen molar-refractivity contribution in [1.29, 1.82) is 0 Å². The van der Waals surface area contributed by atoms with Crippen molar-refractivity contribution in [3.8, 4) is 0 Å². The molecule has 1 amide bonds. The number of anilines is 1. The highest BCUT2D eigenvalue weighted by Gasteiger charge is 2.18. The van der Waals surface area contributed by atoms with Gasteiger partial charge in [-0.05, 0) is 92.3 Å². The number of aromatic nitrogens is 2. The zero-order chi connectivity index (χ0) is 25.2. The molecule has 0 atom stereocenters. The third-order valence-electron chi connectivity index (χ3n) is 7.18. The number of carbonyl (C=O) groups excluding carboxylic acids is 1. The number of unbranched alkanes of at least 4 members (excludes halogenated alkanes) is 2. The first-order chi connectivity index (χ1) is 17.7. The van der Waals surface area contributed by atoms with Crippen LogP contribution in [0.4, 0.5) is 5.95 Å². The quantitative estimate of drug-likeness (QED) is 0.265. The van der Waals surface area contributed by atoms with E-state index in [4.69, 9.17) is 4.98 Å². The lowest BCUT2D eigenvalue weighted by Crippen LogP contribution is -2.33. The summed E-state index contributed by atoms with van der Waals surface area (Å²) in [7, 11) is 0. The molecule has 0 aliphatic carbocycles. The molecule has 0 saturated carbocycles. The number of nitrogens with one attached hydrogen (secondary N) is 1. The molecule has 3 heterocycles. The molecule has 1 fully saturated rings. The Balaban J connectivity index is 1.56. The number of likely N-dealkylation sites (tertiary alicyclic amines) is 1. The van der Waals surface area contributed by atoms with E-state index in [0.29, 0.717) is 0 Å². The van der Waals surface area contributed by atoms with Crippen molar-refractivity contribution < 1.29 is 4.79 Å². The van der Waals surface area contributed by atoms with Crippen molar-refractivity contribution in [3.63, 3.8) is 0 Å². The lowest BCUT2D eigenvalue weighted by molar-refractivity contribution is 0.0751. The second-order valence-corrected chi connectivity index (χ2v) is 10.8. The van der Waals surface area contributed by atoms with Gasteiger partial charge in [0.25, 0.3) is 5.91 Å². The minimum Gasteiger partial charge on any atom is -0.352 e. The van der Waals surface area contributed by atoms with Crippen molar-refractivity contribution in [2.75, 3.05) is 38.0 Å². The molecule has 1 aromatic carbocycles. The summed E-state index contributed by atoms with van der Waals surface area (Å²) in [5, 5.41) is 7.86. The predicted octanol–water partition coefficient (Wildman–Crippen LogP) is 6.63. The topological polar surface area (TPSA) is 53.4 Å². The number of fused-ring (bicyclic) bond motifs is 1. The Hall–Kier alpha value is -2.38. The molecule has 0 spiro atoms. The Labute approximate surface area is 220 Å². The van der Waals surface area contributed by atoms with Gasteiger partial charge in [0.05, 0.1) is 11.0 Å². The minimum atomic E-state index is 0.146. The summed E-state index contributed by atoms with van der Waals surface area (Å²) >= 11 is 1.72. The van der Waals surface area contributed by atoms with Crippen LogP contribution >= 0.6 is 11.3 Å². The molecule has 4 rings (SSSR count). The van der Waals surface area contributed by atoms with E-state index in [0.717, 1.165) is 87.4 Å². The SMILES string of the molecule is CCCCN(CCCC)C(=O)c1ccc2nc(NCc3ccsc3)n(CCCN3CCCCC3)c2c1. The summed E-state index contributed by atoms with van der Waals surface area (Å²) in [4.78, 5) is 23.1. The number of rotatable bonds is 14. The van der Waals surface area contributed by atoms with Gasteiger partial charge in [-0.3, -0.25) is 4.79 Å². The molecule has 0 unspecified atom stereocenters. The van der Waals surface area contributed by atoms with Crippen molar-refractivity contribution in [2.45, 2.75) is 78.3 Å². The number of hydrogen-bond donors (Lipinski definition) is 1. The molecule has 0 radical (unpaired) electrons. The van der Waals surface area contributed by atoms with E-state index in [1.807, 2.05) is 17.0 Å². The summed E-state index contributed by atoms with van der Waals surface area (Å²) in [6, 6.07) is 8.21. The van der Waals surface area contributed by atoms with Crippen LogP contribution in [0.1, 0.15) is 81.1 Å². The monoisotopic (exact) mass is 509 g/mol. The minimum absolute atomic E-state index is 0.146. The van der Waals surface area contributed by atoms with Gasteiger partial charge in [-0.25, -0.2) is 4.98 Å². The molecule has 7 heteroatoms. The molecular formula is C29H43N5OS. The number of nitrogens with zero attached hydrogens (tertiary/aromatic N) is 4. The largest absolute Gasteiger partial charge is 0.352 e. The molecule has 1 aliphatic rings. The van der Waals surface area contributed by atoms with Crippen molar-refractivity contribution in [2.24, 2.45) is 0 Å². The Kier molecular flexibility index (Phi) is 10.2. The molecule has 196 valence electrons. The van der Waals surface area contributed by atoms with E-state index in [2.05, 4.69) is 51.5 Å². The maximum Gasteiger partial charge on any atom is 0.253 e. The zero-order valence-electron chi connectivity index (χ0n) is 22.2. The number of piperidine rings is 1. The molecule has 3 aromatic rings. The highest BCUT2D eigenvalue weighted by molar-refractivity contribution is 7.07. The second kappa shape index (κ2) is 13.8. The molecule has 6 nitrogen and oxygen atoms in total. The first kappa shape index (κ1) is 26.7. The second-order valence-electron chi connectivity index (χ2n) is 10.0. The predicted molar refractivity (Wildman–Crippen MR) is 152 cm³/mol. The van der Waals surface area contributed by atoms with E-state index < -0.39 is 0 Å². The number of amides is 1. The molecule has 2 aromatic heterocycles. The van der Waals surface area contributed by atoms with E-state index in [1.165, 1.54) is 37.9 Å². The fourth-order valence-electron chi connectivity index (χ4n) is 5.02. The van der Waals surface area contributed by atoms with Gasteiger partial charge < -0.3 is 19.7 Å². The van der Waals surface area contributed by atoms with Gasteiger partial charge >= 0.3 is 0 Å². The van der Waals surface area contributed by atoms with Gasteiger partial charge in [0.15, 0.2) is 0 Å². The number of thiophene rings is 1. The number of carbonyl (C=O) groups is 1. The average Bonchev–Trinajstić information content (AvgIpc) is 3.55. The molecular weight excluding hydrogens is 466 g/mol. The Bertz CT molecular complexity index is 1060. The van der Waals surface area contributed by atoms with Gasteiger partial charge in [-0.2, -0.15) is 11.3 Å². The van der Waals surface area contributed by atoms with Crippen molar-refractivity contribution in [3.05, 3.63) is 46.2 Å². The highest BCUT2D eigenvalue weighted by Crippen LogP contribution is 2.24. The summed E-state index contributed by atoms with van der Waals surface area (Å²) in [6.07, 6.45) is 9.36. The summed E-state index contributed by atoms with van der Waals surface area (Å²) in [6.45, 7) is 11.2. The Morgan fingerprint density at radius 2 is 1.81 bits per heavy atom. The van der Waals surface area contributed by atoms with Crippen LogP contribution < -0.4 is 5.32 Å². The van der Waals surface area contributed by atoms with Gasteiger partial charge in [0.2, 0.25) is 5.95 Å². The van der Waals surface area contributed by atoms with E-state index in [1.54, 1.807) is 11.3 Å². The molecule has 36 heavy (non-hydrogen) atoms. The van der Waals surface area contributed by atoms with Crippen LogP contribution in [0.25, 0.3) is 11.0 Å². The standard InChI is InChI=1S/C29H43N5OS/c1-3-5-17-33(18-6-4-2)28(35)25-11-12-26-27(21-25)34(19-10-16-32-14-8-7-9-15-32)29(31-26)30-22-24-13-20-36-23-24/h11-13,20-21,23H,3-10,14-19,22H2,1-2H3,(H,30,31). The third kappa shape index (κ3) is 7.10. The maximum absolute atomic E-state index is 13.5.